The summed E-state index contributed by atoms with van der Waals surface area (Å²) in [6.45, 7) is -0.124. The number of methoxy groups -OCH3 is 1. The molecule has 0 aliphatic carbocycles. The molecule has 0 spiro atoms. The maximum Gasteiger partial charge on any atom is 0.433 e. The predicted molar refractivity (Wildman–Crippen MR) is 81.1 cm³/mol. The molecular formula is C14H15F3N4O4. The average Bonchev–Trinajstić information content (AvgIpc) is 2.55. The highest BCUT2D eigenvalue weighted by molar-refractivity contribution is 5.77. The molecule has 0 fully saturated rings. The van der Waals surface area contributed by atoms with E-state index in [0.717, 1.165) is 10.6 Å². The minimum atomic E-state index is -4.71. The number of hydrogen-bond acceptors (Lipinski definition) is 5. The zero-order valence-corrected chi connectivity index (χ0v) is 13.4. The number of ether oxygens (including phenoxy) is 1. The Morgan fingerprint density at radius 3 is 2.60 bits per heavy atom. The molecule has 25 heavy (non-hydrogen) atoms. The summed E-state index contributed by atoms with van der Waals surface area (Å²) in [6, 6.07) is 1.59. The lowest BCUT2D eigenvalue weighted by Crippen LogP contribution is -2.43. The minimum absolute atomic E-state index is 0.189. The molecule has 0 radical (unpaired) electrons. The zero-order valence-electron chi connectivity index (χ0n) is 13.4. The first-order valence-corrected chi connectivity index (χ1v) is 7.10. The third-order valence-corrected chi connectivity index (χ3v) is 3.41. The number of aromatic nitrogens is 3. The Morgan fingerprint density at radius 2 is 2.00 bits per heavy atom. The summed E-state index contributed by atoms with van der Waals surface area (Å²) in [5, 5.41) is 2.25. The highest BCUT2D eigenvalue weighted by Gasteiger charge is 2.33. The van der Waals surface area contributed by atoms with E-state index < -0.39 is 41.2 Å². The van der Waals surface area contributed by atoms with Gasteiger partial charge in [0.15, 0.2) is 0 Å². The molecule has 2 aromatic rings. The van der Waals surface area contributed by atoms with Crippen LogP contribution in [0.15, 0.2) is 21.7 Å². The Balaban J connectivity index is 2.49. The molecule has 2 aromatic heterocycles. The van der Waals surface area contributed by atoms with Crippen molar-refractivity contribution in [3.8, 4) is 0 Å². The van der Waals surface area contributed by atoms with Gasteiger partial charge in [-0.15, -0.1) is 0 Å². The number of nitrogens with zero attached hydrogens (tertiary/aromatic N) is 3. The lowest BCUT2D eigenvalue weighted by atomic mass is 10.2. The molecule has 11 heteroatoms. The fourth-order valence-electron chi connectivity index (χ4n) is 2.16. The summed E-state index contributed by atoms with van der Waals surface area (Å²) in [5.41, 5.74) is -3.45. The Bertz CT molecular complexity index is 917. The van der Waals surface area contributed by atoms with Crippen molar-refractivity contribution < 1.29 is 22.7 Å². The molecule has 136 valence electrons. The number of alkyl halides is 3. The Kier molecular flexibility index (Phi) is 5.26. The summed E-state index contributed by atoms with van der Waals surface area (Å²) in [6.07, 6.45) is -4.71. The molecule has 0 aliphatic heterocycles. The first kappa shape index (κ1) is 18.6. The molecule has 0 aliphatic rings. The van der Waals surface area contributed by atoms with Gasteiger partial charge in [-0.3, -0.25) is 18.7 Å². The second-order valence-corrected chi connectivity index (χ2v) is 5.14. The van der Waals surface area contributed by atoms with Crippen molar-refractivity contribution in [1.29, 1.82) is 0 Å². The standard InChI is InChI=1S/C14H15F3N4O4/c1-20-11-8(3-4-9(19-11)14(15,16)17)12(23)21(13(20)24)7-10(22)18-5-6-25-2/h3-4H,5-7H2,1-2H3,(H,18,22). The van der Waals surface area contributed by atoms with E-state index in [-0.39, 0.29) is 18.5 Å². The van der Waals surface area contributed by atoms with E-state index in [4.69, 9.17) is 4.74 Å². The van der Waals surface area contributed by atoms with Crippen LogP contribution in [0.2, 0.25) is 0 Å². The SMILES string of the molecule is COCCNC(=O)Cn1c(=O)c2ccc(C(F)(F)F)nc2n(C)c1=O. The highest BCUT2D eigenvalue weighted by Crippen LogP contribution is 2.28. The van der Waals surface area contributed by atoms with Gasteiger partial charge in [0.2, 0.25) is 5.91 Å². The Hall–Kier alpha value is -2.69. The highest BCUT2D eigenvalue weighted by atomic mass is 19.4. The molecule has 0 aromatic carbocycles. The van der Waals surface area contributed by atoms with Crippen LogP contribution >= 0.6 is 0 Å². The van der Waals surface area contributed by atoms with Crippen LogP contribution in [0.5, 0.6) is 0 Å². The number of fused-ring (bicyclic) bond motifs is 1. The fraction of sp³-hybridized carbons (Fsp3) is 0.429. The normalized spacial score (nSPS) is 11.7. The van der Waals surface area contributed by atoms with Crippen molar-refractivity contribution in [2.24, 2.45) is 7.05 Å². The minimum Gasteiger partial charge on any atom is -0.383 e. The van der Waals surface area contributed by atoms with Gasteiger partial charge in [-0.1, -0.05) is 0 Å². The molecule has 0 saturated carbocycles. The molecule has 8 nitrogen and oxygen atoms in total. The number of aryl methyl sites for hydroxylation is 1. The van der Waals surface area contributed by atoms with Crippen LogP contribution in [0.25, 0.3) is 11.0 Å². The van der Waals surface area contributed by atoms with Crippen LogP contribution in [-0.4, -0.2) is 40.3 Å². The monoisotopic (exact) mass is 360 g/mol. The van der Waals surface area contributed by atoms with Gasteiger partial charge in [-0.2, -0.15) is 13.2 Å². The number of halogens is 3. The van der Waals surface area contributed by atoms with E-state index in [9.17, 15) is 27.6 Å². The number of carbonyl (C=O) groups is 1. The van der Waals surface area contributed by atoms with E-state index in [1.807, 2.05) is 0 Å². The number of amides is 1. The quantitative estimate of drug-likeness (QED) is 0.750. The van der Waals surface area contributed by atoms with Gasteiger partial charge in [0.05, 0.1) is 12.0 Å². The predicted octanol–water partition coefficient (Wildman–Crippen LogP) is -0.123. The molecule has 2 heterocycles. The van der Waals surface area contributed by atoms with Gasteiger partial charge in [-0.05, 0) is 12.1 Å². The van der Waals surface area contributed by atoms with Gasteiger partial charge >= 0.3 is 11.9 Å². The number of rotatable bonds is 5. The number of hydrogen-bond donors (Lipinski definition) is 1. The summed E-state index contributed by atoms with van der Waals surface area (Å²) in [4.78, 5) is 39.7. The Morgan fingerprint density at radius 1 is 1.32 bits per heavy atom. The van der Waals surface area contributed by atoms with Crippen LogP contribution in [-0.2, 0) is 29.3 Å². The van der Waals surface area contributed by atoms with Crippen LogP contribution in [0.3, 0.4) is 0 Å². The van der Waals surface area contributed by atoms with Gasteiger partial charge in [0.25, 0.3) is 5.56 Å². The van der Waals surface area contributed by atoms with Crippen molar-refractivity contribution in [3.63, 3.8) is 0 Å². The smallest absolute Gasteiger partial charge is 0.383 e. The maximum absolute atomic E-state index is 12.8. The van der Waals surface area contributed by atoms with Gasteiger partial charge in [-0.25, -0.2) is 9.78 Å². The molecule has 1 amide bonds. The molecule has 0 atom stereocenters. The lowest BCUT2D eigenvalue weighted by molar-refractivity contribution is -0.141. The van der Waals surface area contributed by atoms with E-state index in [1.54, 1.807) is 0 Å². The first-order valence-electron chi connectivity index (χ1n) is 7.10. The van der Waals surface area contributed by atoms with Gasteiger partial charge < -0.3 is 10.1 Å². The summed E-state index contributed by atoms with van der Waals surface area (Å²) < 4.78 is 44.4. The van der Waals surface area contributed by atoms with Crippen LogP contribution < -0.4 is 16.6 Å². The van der Waals surface area contributed by atoms with Crippen molar-refractivity contribution in [2.75, 3.05) is 20.3 Å². The topological polar surface area (TPSA) is 95.2 Å². The Labute approximate surface area is 138 Å². The van der Waals surface area contributed by atoms with Gasteiger partial charge in [0, 0.05) is 20.7 Å². The van der Waals surface area contributed by atoms with Crippen molar-refractivity contribution >= 4 is 16.9 Å². The van der Waals surface area contributed by atoms with Crippen LogP contribution in [0.1, 0.15) is 5.69 Å². The van der Waals surface area contributed by atoms with E-state index in [2.05, 4.69) is 10.3 Å². The van der Waals surface area contributed by atoms with E-state index >= 15 is 0 Å². The summed E-state index contributed by atoms with van der Waals surface area (Å²) >= 11 is 0. The van der Waals surface area contributed by atoms with Crippen molar-refractivity contribution in [2.45, 2.75) is 12.7 Å². The molecule has 2 rings (SSSR count). The van der Waals surface area contributed by atoms with Crippen molar-refractivity contribution in [3.05, 3.63) is 38.7 Å². The zero-order chi connectivity index (χ0) is 18.8. The maximum atomic E-state index is 12.8. The second kappa shape index (κ2) is 7.05. The number of carbonyl (C=O) groups excluding carboxylic acids is 1. The van der Waals surface area contributed by atoms with Crippen LogP contribution in [0, 0.1) is 0 Å². The molecule has 1 N–H and O–H groups in total. The summed E-state index contributed by atoms with van der Waals surface area (Å²) in [5.74, 6) is -0.601. The lowest BCUT2D eigenvalue weighted by Gasteiger charge is -2.12. The summed E-state index contributed by atoms with van der Waals surface area (Å²) in [7, 11) is 2.62. The van der Waals surface area contributed by atoms with Crippen molar-refractivity contribution in [1.82, 2.24) is 19.4 Å². The molecule has 0 bridgehead atoms. The molecule has 0 saturated heterocycles. The fourth-order valence-corrected chi connectivity index (χ4v) is 2.16. The largest absolute Gasteiger partial charge is 0.433 e. The van der Waals surface area contributed by atoms with Crippen LogP contribution in [0.4, 0.5) is 13.2 Å². The average molecular weight is 360 g/mol. The van der Waals surface area contributed by atoms with E-state index in [0.29, 0.717) is 10.6 Å². The van der Waals surface area contributed by atoms with Gasteiger partial charge in [0.1, 0.15) is 17.9 Å². The third kappa shape index (κ3) is 3.87. The van der Waals surface area contributed by atoms with E-state index in [1.165, 1.54) is 14.2 Å². The molecule has 0 unspecified atom stereocenters. The second-order valence-electron chi connectivity index (χ2n) is 5.14. The number of pyridine rings is 1. The number of nitrogens with one attached hydrogen (secondary N) is 1. The third-order valence-electron chi connectivity index (χ3n) is 3.41. The molecular weight excluding hydrogens is 345 g/mol. The first-order chi connectivity index (χ1) is 11.7.